The quantitative estimate of drug-likeness (QED) is 0.187. The number of nitrogens with zero attached hydrogens (tertiary/aromatic N) is 9. The molecular formula is C36H43BrN11O3P. The van der Waals surface area contributed by atoms with Crippen LogP contribution in [-0.4, -0.2) is 112 Å². The molecule has 1 amide bonds. The van der Waals surface area contributed by atoms with E-state index in [1.54, 1.807) is 43.7 Å². The van der Waals surface area contributed by atoms with Crippen molar-refractivity contribution in [1.82, 2.24) is 39.5 Å². The van der Waals surface area contributed by atoms with Crippen LogP contribution >= 0.6 is 23.1 Å². The van der Waals surface area contributed by atoms with Gasteiger partial charge in [-0.25, -0.2) is 4.98 Å². The highest BCUT2D eigenvalue weighted by atomic mass is 79.9. The lowest BCUT2D eigenvalue weighted by molar-refractivity contribution is -0.137. The fourth-order valence-electron chi connectivity index (χ4n) is 6.97. The van der Waals surface area contributed by atoms with E-state index in [4.69, 9.17) is 9.72 Å². The number of piperidine rings is 1. The molecule has 16 heteroatoms. The lowest BCUT2D eigenvalue weighted by atomic mass is 9.93. The third-order valence-electron chi connectivity index (χ3n) is 9.73. The maximum atomic E-state index is 13.5. The number of likely N-dealkylation sites (N-methyl/N-ethyl adjacent to an activating group) is 1. The Bertz CT molecular complexity index is 2160. The van der Waals surface area contributed by atoms with E-state index >= 15 is 0 Å². The first-order valence-corrected chi connectivity index (χ1v) is 20.7. The fourth-order valence-corrected chi connectivity index (χ4v) is 8.66. The molecule has 0 radical (unpaired) electrons. The number of rotatable bonds is 9. The second kappa shape index (κ2) is 14.8. The van der Waals surface area contributed by atoms with Crippen molar-refractivity contribution in [1.29, 1.82) is 0 Å². The Morgan fingerprint density at radius 1 is 0.942 bits per heavy atom. The molecule has 7 rings (SSSR count). The van der Waals surface area contributed by atoms with E-state index in [0.29, 0.717) is 49.7 Å². The van der Waals surface area contributed by atoms with Crippen LogP contribution < -0.4 is 25.6 Å². The summed E-state index contributed by atoms with van der Waals surface area (Å²) in [6.07, 6.45) is 10.3. The van der Waals surface area contributed by atoms with Crippen LogP contribution in [0.3, 0.4) is 0 Å². The molecule has 5 aromatic rings. The molecule has 2 aliphatic heterocycles. The molecule has 0 spiro atoms. The Kier molecular flexibility index (Phi) is 10.2. The van der Waals surface area contributed by atoms with Gasteiger partial charge in [0.2, 0.25) is 11.9 Å². The summed E-state index contributed by atoms with van der Waals surface area (Å²) in [6, 6.07) is 7.77. The predicted octanol–water partition coefficient (Wildman–Crippen LogP) is 5.32. The highest BCUT2D eigenvalue weighted by Crippen LogP contribution is 2.43. The number of methoxy groups -OCH3 is 1. The standard InChI is InChI=1S/C36H43BrN11O3P/c1-45-14-16-48(17-15-45)35(49)23-8-12-47(13-9-23)30-19-31(51-3)29(18-25(30)24-20-41-46(2)22-24)43-36-40-21-26(37)34(44-36)42-28-7-6-27-32(39-11-10-38-27)33(28)52(4,5)50/h6-7,10-11,18-23H,8-9,12-17H2,1-5H3,(H2,40,42,43,44). The van der Waals surface area contributed by atoms with E-state index in [1.807, 2.05) is 48.6 Å². The number of piperazine rings is 1. The molecule has 2 aromatic carbocycles. The molecule has 2 saturated heterocycles. The number of nitrogens with one attached hydrogen (secondary N) is 2. The number of aryl methyl sites for hydroxylation is 1. The minimum absolute atomic E-state index is 0.0295. The number of benzene rings is 2. The lowest BCUT2D eigenvalue weighted by Crippen LogP contribution is -2.50. The van der Waals surface area contributed by atoms with Gasteiger partial charge < -0.3 is 34.6 Å². The van der Waals surface area contributed by atoms with Crippen molar-refractivity contribution < 1.29 is 14.1 Å². The number of amides is 1. The average Bonchev–Trinajstić information content (AvgIpc) is 3.58. The summed E-state index contributed by atoms with van der Waals surface area (Å²) in [5, 5.41) is 11.8. The normalized spacial score (nSPS) is 16.0. The number of carbonyl (C=O) groups is 1. The third-order valence-corrected chi connectivity index (χ3v) is 11.8. The van der Waals surface area contributed by atoms with Gasteiger partial charge in [0, 0.05) is 99.9 Å². The van der Waals surface area contributed by atoms with Crippen LogP contribution in [0, 0.1) is 5.92 Å². The van der Waals surface area contributed by atoms with E-state index in [2.05, 4.69) is 63.5 Å². The van der Waals surface area contributed by atoms with Gasteiger partial charge in [-0.05, 0) is 67.3 Å². The number of hydrogen-bond acceptors (Lipinski definition) is 12. The van der Waals surface area contributed by atoms with Crippen LogP contribution in [0.25, 0.3) is 22.2 Å². The zero-order valence-electron chi connectivity index (χ0n) is 30.0. The molecule has 0 atom stereocenters. The minimum Gasteiger partial charge on any atom is -0.494 e. The van der Waals surface area contributed by atoms with E-state index in [1.165, 1.54) is 0 Å². The van der Waals surface area contributed by atoms with Crippen molar-refractivity contribution in [3.05, 3.63) is 59.7 Å². The zero-order valence-corrected chi connectivity index (χ0v) is 32.5. The van der Waals surface area contributed by atoms with Gasteiger partial charge in [-0.2, -0.15) is 10.1 Å². The number of ether oxygens (including phenoxy) is 1. The van der Waals surface area contributed by atoms with Crippen molar-refractivity contribution in [2.24, 2.45) is 13.0 Å². The lowest BCUT2D eigenvalue weighted by Gasteiger charge is -2.38. The number of fused-ring (bicyclic) bond motifs is 1. The van der Waals surface area contributed by atoms with Crippen molar-refractivity contribution >= 4 is 74.1 Å². The molecule has 0 saturated carbocycles. The number of aromatic nitrogens is 6. The Balaban J connectivity index is 1.17. The summed E-state index contributed by atoms with van der Waals surface area (Å²) in [7, 11) is 2.86. The van der Waals surface area contributed by atoms with E-state index < -0.39 is 7.14 Å². The molecule has 52 heavy (non-hydrogen) atoms. The number of halogens is 1. The van der Waals surface area contributed by atoms with Crippen molar-refractivity contribution in [3.63, 3.8) is 0 Å². The van der Waals surface area contributed by atoms with Gasteiger partial charge >= 0.3 is 0 Å². The molecule has 0 bridgehead atoms. The predicted molar refractivity (Wildman–Crippen MR) is 209 cm³/mol. The van der Waals surface area contributed by atoms with E-state index in [-0.39, 0.29) is 11.8 Å². The van der Waals surface area contributed by atoms with Gasteiger partial charge in [-0.3, -0.25) is 19.4 Å². The van der Waals surface area contributed by atoms with Gasteiger partial charge in [0.15, 0.2) is 0 Å². The Hall–Kier alpha value is -4.59. The van der Waals surface area contributed by atoms with Gasteiger partial charge in [-0.15, -0.1) is 0 Å². The summed E-state index contributed by atoms with van der Waals surface area (Å²) in [6.45, 7) is 8.38. The third kappa shape index (κ3) is 7.48. The maximum Gasteiger partial charge on any atom is 0.229 e. The Morgan fingerprint density at radius 2 is 1.69 bits per heavy atom. The van der Waals surface area contributed by atoms with Crippen molar-refractivity contribution in [2.45, 2.75) is 12.8 Å². The molecule has 14 nitrogen and oxygen atoms in total. The number of carbonyl (C=O) groups excluding carboxylic acids is 1. The first kappa shape index (κ1) is 35.8. The summed E-state index contributed by atoms with van der Waals surface area (Å²) in [5.74, 6) is 1.74. The van der Waals surface area contributed by atoms with Gasteiger partial charge in [-0.1, -0.05) is 0 Å². The highest BCUT2D eigenvalue weighted by Gasteiger charge is 2.31. The highest BCUT2D eigenvalue weighted by molar-refractivity contribution is 9.10. The van der Waals surface area contributed by atoms with Crippen LogP contribution in [0.5, 0.6) is 5.75 Å². The smallest absolute Gasteiger partial charge is 0.229 e. The SMILES string of the molecule is COc1cc(N2CCC(C(=O)N3CCN(C)CC3)CC2)c(-c2cnn(C)c2)cc1Nc1ncc(Br)c(Nc2ccc3nccnc3c2P(C)(C)=O)n1. The van der Waals surface area contributed by atoms with Gasteiger partial charge in [0.1, 0.15) is 24.2 Å². The number of anilines is 5. The second-order valence-corrected chi connectivity index (χ2v) is 17.7. The molecule has 2 N–H and O–H groups in total. The minimum atomic E-state index is -2.78. The molecule has 2 aliphatic rings. The monoisotopic (exact) mass is 787 g/mol. The summed E-state index contributed by atoms with van der Waals surface area (Å²) >= 11 is 3.58. The number of hydrogen-bond donors (Lipinski definition) is 2. The first-order valence-electron chi connectivity index (χ1n) is 17.3. The van der Waals surface area contributed by atoms with E-state index in [9.17, 15) is 9.36 Å². The van der Waals surface area contributed by atoms with Gasteiger partial charge in [0.05, 0.1) is 40.0 Å². The van der Waals surface area contributed by atoms with Crippen LogP contribution in [0.2, 0.25) is 0 Å². The van der Waals surface area contributed by atoms with Crippen LogP contribution in [0.4, 0.5) is 28.8 Å². The summed E-state index contributed by atoms with van der Waals surface area (Å²) in [5.41, 5.74) is 5.49. The van der Waals surface area contributed by atoms with Crippen molar-refractivity contribution in [2.75, 3.05) is 82.3 Å². The van der Waals surface area contributed by atoms with E-state index in [0.717, 1.165) is 68.9 Å². The summed E-state index contributed by atoms with van der Waals surface area (Å²) < 4.78 is 21.9. The van der Waals surface area contributed by atoms with Crippen LogP contribution in [0.15, 0.2) is 59.7 Å². The second-order valence-electron chi connectivity index (χ2n) is 13.7. The average molecular weight is 789 g/mol. The van der Waals surface area contributed by atoms with Crippen LogP contribution in [-0.2, 0) is 16.4 Å². The summed E-state index contributed by atoms with van der Waals surface area (Å²) in [4.78, 5) is 38.3. The molecular weight excluding hydrogens is 745 g/mol. The molecule has 5 heterocycles. The first-order chi connectivity index (χ1) is 25.0. The largest absolute Gasteiger partial charge is 0.494 e. The molecule has 2 fully saturated rings. The van der Waals surface area contributed by atoms with Gasteiger partial charge in [0.25, 0.3) is 0 Å². The Morgan fingerprint density at radius 3 is 2.38 bits per heavy atom. The van der Waals surface area contributed by atoms with Crippen LogP contribution in [0.1, 0.15) is 12.8 Å². The molecule has 272 valence electrons. The molecule has 0 unspecified atom stereocenters. The van der Waals surface area contributed by atoms with Crippen molar-refractivity contribution in [3.8, 4) is 16.9 Å². The maximum absolute atomic E-state index is 13.5. The topological polar surface area (TPSA) is 147 Å². The zero-order chi connectivity index (χ0) is 36.6. The fraction of sp³-hybridized carbons (Fsp3) is 0.389. The Labute approximate surface area is 311 Å². The molecule has 3 aromatic heterocycles. The molecule has 0 aliphatic carbocycles.